The molecule has 2 aromatic rings. The average molecular weight is 340 g/mol. The minimum atomic E-state index is -0.168. The summed E-state index contributed by atoms with van der Waals surface area (Å²) in [7, 11) is 3.31. The van der Waals surface area contributed by atoms with Crippen molar-refractivity contribution in [3.8, 4) is 11.5 Å². The molecule has 0 atom stereocenters. The molecule has 0 aliphatic carbocycles. The molecule has 2 amide bonds. The molecule has 1 heterocycles. The molecular formula is C19H20N2O4. The van der Waals surface area contributed by atoms with Crippen LogP contribution in [-0.4, -0.2) is 32.6 Å². The van der Waals surface area contributed by atoms with E-state index in [-0.39, 0.29) is 11.8 Å². The molecule has 0 saturated carbocycles. The van der Waals surface area contributed by atoms with E-state index in [1.807, 2.05) is 18.2 Å². The number of rotatable bonds is 4. The number of hydrogen-bond donors (Lipinski definition) is 1. The lowest BCUT2D eigenvalue weighted by Crippen LogP contribution is -2.26. The molecule has 2 aromatic carbocycles. The van der Waals surface area contributed by atoms with Gasteiger partial charge in [0.2, 0.25) is 5.91 Å². The maximum absolute atomic E-state index is 12.2. The van der Waals surface area contributed by atoms with Crippen molar-refractivity contribution in [2.75, 3.05) is 25.7 Å². The highest BCUT2D eigenvalue weighted by Gasteiger charge is 2.20. The molecule has 130 valence electrons. The van der Waals surface area contributed by atoms with Crippen LogP contribution in [0.4, 0.5) is 5.69 Å². The third kappa shape index (κ3) is 3.74. The fourth-order valence-corrected chi connectivity index (χ4v) is 2.63. The Bertz CT molecular complexity index is 787. The number of benzene rings is 2. The Morgan fingerprint density at radius 3 is 2.72 bits per heavy atom. The van der Waals surface area contributed by atoms with E-state index in [1.54, 1.807) is 43.3 Å². The number of nitrogens with one attached hydrogen (secondary N) is 1. The molecule has 1 aliphatic heterocycles. The van der Waals surface area contributed by atoms with Gasteiger partial charge in [0.1, 0.15) is 11.5 Å². The Morgan fingerprint density at radius 1 is 1.24 bits per heavy atom. The first-order valence-electron chi connectivity index (χ1n) is 8.03. The van der Waals surface area contributed by atoms with E-state index >= 15 is 0 Å². The van der Waals surface area contributed by atoms with Gasteiger partial charge in [-0.05, 0) is 42.0 Å². The van der Waals surface area contributed by atoms with Crippen LogP contribution < -0.4 is 19.7 Å². The number of ether oxygens (including phenoxy) is 2. The summed E-state index contributed by atoms with van der Waals surface area (Å²) in [6.45, 7) is 0.740. The Hall–Kier alpha value is -3.02. The largest absolute Gasteiger partial charge is 0.497 e. The number of methoxy groups -OCH3 is 1. The third-order valence-electron chi connectivity index (χ3n) is 4.14. The minimum absolute atomic E-state index is 0.0122. The molecule has 0 fully saturated rings. The molecule has 0 aromatic heterocycles. The van der Waals surface area contributed by atoms with Crippen LogP contribution in [0.3, 0.4) is 0 Å². The molecule has 25 heavy (non-hydrogen) atoms. The normalized spacial score (nSPS) is 13.5. The topological polar surface area (TPSA) is 67.9 Å². The molecule has 0 spiro atoms. The standard InChI is InChI=1S/C19H20N2O4/c1-21-16-11-13(3-8-17(16)25-10-9-18(21)22)12-20-19(23)14-4-6-15(24-2)7-5-14/h3-8,11H,9-10,12H2,1-2H3,(H,20,23). The first kappa shape index (κ1) is 16.8. The van der Waals surface area contributed by atoms with Crippen molar-refractivity contribution in [1.29, 1.82) is 0 Å². The van der Waals surface area contributed by atoms with Crippen LogP contribution in [-0.2, 0) is 11.3 Å². The minimum Gasteiger partial charge on any atom is -0.497 e. The number of hydrogen-bond acceptors (Lipinski definition) is 4. The van der Waals surface area contributed by atoms with E-state index in [2.05, 4.69) is 5.32 Å². The Labute approximate surface area is 146 Å². The van der Waals surface area contributed by atoms with Gasteiger partial charge >= 0.3 is 0 Å². The van der Waals surface area contributed by atoms with Crippen molar-refractivity contribution in [3.05, 3.63) is 53.6 Å². The van der Waals surface area contributed by atoms with Gasteiger partial charge < -0.3 is 19.7 Å². The highest BCUT2D eigenvalue weighted by molar-refractivity contribution is 5.95. The van der Waals surface area contributed by atoms with Crippen LogP contribution in [0.5, 0.6) is 11.5 Å². The molecule has 0 unspecified atom stereocenters. The molecule has 6 nitrogen and oxygen atoms in total. The summed E-state index contributed by atoms with van der Waals surface area (Å²) < 4.78 is 10.7. The Kier molecular flexibility index (Phi) is 4.88. The van der Waals surface area contributed by atoms with Crippen molar-refractivity contribution >= 4 is 17.5 Å². The van der Waals surface area contributed by atoms with Gasteiger partial charge in [0.05, 0.1) is 25.8 Å². The van der Waals surface area contributed by atoms with Crippen LogP contribution in [0.15, 0.2) is 42.5 Å². The second-order valence-electron chi connectivity index (χ2n) is 5.76. The van der Waals surface area contributed by atoms with Gasteiger partial charge in [-0.2, -0.15) is 0 Å². The zero-order valence-electron chi connectivity index (χ0n) is 14.2. The monoisotopic (exact) mass is 340 g/mol. The first-order valence-corrected chi connectivity index (χ1v) is 8.03. The highest BCUT2D eigenvalue weighted by atomic mass is 16.5. The van der Waals surface area contributed by atoms with Crippen LogP contribution in [0.2, 0.25) is 0 Å². The van der Waals surface area contributed by atoms with Crippen molar-refractivity contribution in [2.24, 2.45) is 0 Å². The van der Waals surface area contributed by atoms with Crippen molar-refractivity contribution in [2.45, 2.75) is 13.0 Å². The van der Waals surface area contributed by atoms with Crippen molar-refractivity contribution in [3.63, 3.8) is 0 Å². The molecule has 6 heteroatoms. The van der Waals surface area contributed by atoms with Crippen LogP contribution in [0.1, 0.15) is 22.3 Å². The van der Waals surface area contributed by atoms with Crippen LogP contribution in [0, 0.1) is 0 Å². The van der Waals surface area contributed by atoms with E-state index < -0.39 is 0 Å². The van der Waals surface area contributed by atoms with Gasteiger partial charge in [-0.3, -0.25) is 9.59 Å². The summed E-state index contributed by atoms with van der Waals surface area (Å²) in [5.74, 6) is 1.23. The van der Waals surface area contributed by atoms with Gasteiger partial charge in [0.25, 0.3) is 5.91 Å². The number of carbonyl (C=O) groups is 2. The number of fused-ring (bicyclic) bond motifs is 1. The van der Waals surface area contributed by atoms with Crippen molar-refractivity contribution in [1.82, 2.24) is 5.32 Å². The number of carbonyl (C=O) groups excluding carboxylic acids is 2. The zero-order valence-corrected chi connectivity index (χ0v) is 14.2. The van der Waals surface area contributed by atoms with E-state index in [4.69, 9.17) is 9.47 Å². The molecule has 1 N–H and O–H groups in total. The van der Waals surface area contributed by atoms with Gasteiger partial charge in [0.15, 0.2) is 0 Å². The summed E-state index contributed by atoms with van der Waals surface area (Å²) in [4.78, 5) is 25.8. The van der Waals surface area contributed by atoms with Crippen LogP contribution >= 0.6 is 0 Å². The molecule has 3 rings (SSSR count). The van der Waals surface area contributed by atoms with Gasteiger partial charge in [-0.1, -0.05) is 6.07 Å². The number of nitrogens with zero attached hydrogens (tertiary/aromatic N) is 1. The zero-order chi connectivity index (χ0) is 17.8. The van der Waals surface area contributed by atoms with Gasteiger partial charge in [-0.25, -0.2) is 0 Å². The van der Waals surface area contributed by atoms with Crippen molar-refractivity contribution < 1.29 is 19.1 Å². The van der Waals surface area contributed by atoms with E-state index in [9.17, 15) is 9.59 Å². The number of amides is 2. The third-order valence-corrected chi connectivity index (χ3v) is 4.14. The fourth-order valence-electron chi connectivity index (χ4n) is 2.63. The lowest BCUT2D eigenvalue weighted by atomic mass is 10.1. The summed E-state index contributed by atoms with van der Waals surface area (Å²) in [6.07, 6.45) is 0.356. The fraction of sp³-hybridized carbons (Fsp3) is 0.263. The molecule has 1 aliphatic rings. The summed E-state index contributed by atoms with van der Waals surface area (Å²) >= 11 is 0. The second-order valence-corrected chi connectivity index (χ2v) is 5.76. The van der Waals surface area contributed by atoms with E-state index in [1.165, 1.54) is 0 Å². The van der Waals surface area contributed by atoms with Gasteiger partial charge in [0, 0.05) is 19.2 Å². The summed E-state index contributed by atoms with van der Waals surface area (Å²) in [6, 6.07) is 12.5. The Morgan fingerprint density at radius 2 is 2.00 bits per heavy atom. The molecular weight excluding hydrogens is 320 g/mol. The summed E-state index contributed by atoms with van der Waals surface area (Å²) in [5, 5.41) is 2.88. The van der Waals surface area contributed by atoms with Gasteiger partial charge in [-0.15, -0.1) is 0 Å². The smallest absolute Gasteiger partial charge is 0.251 e. The highest BCUT2D eigenvalue weighted by Crippen LogP contribution is 2.31. The SMILES string of the molecule is COc1ccc(C(=O)NCc2ccc3c(c2)N(C)C(=O)CCO3)cc1. The lowest BCUT2D eigenvalue weighted by Gasteiger charge is -2.17. The first-order chi connectivity index (χ1) is 12.1. The molecule has 0 saturated heterocycles. The molecule has 0 radical (unpaired) electrons. The predicted molar refractivity (Wildman–Crippen MR) is 94.1 cm³/mol. The molecule has 0 bridgehead atoms. The lowest BCUT2D eigenvalue weighted by molar-refractivity contribution is -0.118. The second kappa shape index (κ2) is 7.25. The number of anilines is 1. The quantitative estimate of drug-likeness (QED) is 0.928. The maximum atomic E-state index is 12.2. The Balaban J connectivity index is 1.70. The average Bonchev–Trinajstić information content (AvgIpc) is 2.79. The van der Waals surface area contributed by atoms with Crippen LogP contribution in [0.25, 0.3) is 0 Å². The van der Waals surface area contributed by atoms with E-state index in [0.717, 1.165) is 11.3 Å². The van der Waals surface area contributed by atoms with E-state index in [0.29, 0.717) is 36.6 Å². The maximum Gasteiger partial charge on any atom is 0.251 e. The summed E-state index contributed by atoms with van der Waals surface area (Å²) in [5.41, 5.74) is 2.18. The predicted octanol–water partition coefficient (Wildman–Crippen LogP) is 2.37.